The van der Waals surface area contributed by atoms with Crippen LogP contribution in [-0.4, -0.2) is 41.1 Å². The Morgan fingerprint density at radius 3 is 2.27 bits per heavy atom. The summed E-state index contributed by atoms with van der Waals surface area (Å²) < 4.78 is 8.55. The van der Waals surface area contributed by atoms with E-state index in [1.807, 2.05) is 30.3 Å². The molecule has 5 aromatic rings. The molecule has 45 heavy (non-hydrogen) atoms. The van der Waals surface area contributed by atoms with Crippen LogP contribution in [0, 0.1) is 0 Å². The molecule has 5 heteroatoms. The lowest BCUT2D eigenvalue weighted by atomic mass is 9.87. The van der Waals surface area contributed by atoms with Gasteiger partial charge < -0.3 is 19.5 Å². The molecule has 0 aliphatic carbocycles. The summed E-state index contributed by atoms with van der Waals surface area (Å²) in [5.74, 6) is 0.750. The quantitative estimate of drug-likeness (QED) is 0.124. The molecule has 0 bridgehead atoms. The fourth-order valence-corrected chi connectivity index (χ4v) is 6.19. The third kappa shape index (κ3) is 8.86. The monoisotopic (exact) mass is 601 g/mol. The number of amides is 1. The summed E-state index contributed by atoms with van der Waals surface area (Å²) in [4.78, 5) is 16.1. The number of hydrogen-bond acceptors (Lipinski definition) is 3. The normalized spacial score (nSPS) is 12.7. The molecule has 0 fully saturated rings. The number of aromatic nitrogens is 1. The van der Waals surface area contributed by atoms with Crippen LogP contribution in [-0.2, 0) is 17.9 Å². The zero-order chi connectivity index (χ0) is 31.4. The fraction of sp³-hybridized carbons (Fsp3) is 0.325. The molecule has 1 amide bonds. The Morgan fingerprint density at radius 1 is 0.844 bits per heavy atom. The summed E-state index contributed by atoms with van der Waals surface area (Å²) in [7, 11) is 0. The van der Waals surface area contributed by atoms with E-state index >= 15 is 0 Å². The van der Waals surface area contributed by atoms with E-state index in [1.165, 1.54) is 16.5 Å². The number of rotatable bonds is 16. The van der Waals surface area contributed by atoms with Crippen molar-refractivity contribution in [2.24, 2.45) is 0 Å². The Hall–Kier alpha value is -4.35. The molecule has 1 heterocycles. The molecule has 0 saturated carbocycles. The van der Waals surface area contributed by atoms with E-state index in [-0.39, 0.29) is 17.9 Å². The van der Waals surface area contributed by atoms with Crippen LogP contribution >= 0.6 is 0 Å². The van der Waals surface area contributed by atoms with Gasteiger partial charge in [-0.1, -0.05) is 105 Å². The molecule has 1 aromatic heterocycles. The van der Waals surface area contributed by atoms with Gasteiger partial charge >= 0.3 is 0 Å². The fourth-order valence-electron chi connectivity index (χ4n) is 6.19. The minimum absolute atomic E-state index is 0.0748. The average Bonchev–Trinajstić information content (AvgIpc) is 3.43. The van der Waals surface area contributed by atoms with Crippen LogP contribution < -0.4 is 10.1 Å². The SMILES string of the molecule is CCN(CC)CCC[C@@H](C)NC(=O)C[C@H](c1cccc(OCc2ccccc2)c1)c1cn(Cc2ccccc2)c2ccccc12. The lowest BCUT2D eigenvalue weighted by Gasteiger charge is -2.22. The minimum Gasteiger partial charge on any atom is -0.489 e. The highest BCUT2D eigenvalue weighted by atomic mass is 16.5. The zero-order valence-electron chi connectivity index (χ0n) is 27.0. The van der Waals surface area contributed by atoms with Gasteiger partial charge in [-0.2, -0.15) is 0 Å². The molecule has 5 rings (SSSR count). The first-order valence-electron chi connectivity index (χ1n) is 16.4. The third-order valence-corrected chi connectivity index (χ3v) is 8.70. The predicted octanol–water partition coefficient (Wildman–Crippen LogP) is 8.42. The molecular weight excluding hydrogens is 554 g/mol. The Labute approximate surface area is 268 Å². The number of benzene rings is 4. The molecule has 0 aliphatic heterocycles. The predicted molar refractivity (Wildman–Crippen MR) is 186 cm³/mol. The highest BCUT2D eigenvalue weighted by Gasteiger charge is 2.24. The van der Waals surface area contributed by atoms with Gasteiger partial charge in [-0.15, -0.1) is 0 Å². The number of fused-ring (bicyclic) bond motifs is 1. The van der Waals surface area contributed by atoms with Crippen molar-refractivity contribution in [3.8, 4) is 5.75 Å². The van der Waals surface area contributed by atoms with Crippen molar-refractivity contribution in [1.29, 1.82) is 0 Å². The van der Waals surface area contributed by atoms with E-state index in [9.17, 15) is 4.79 Å². The molecule has 0 aliphatic rings. The van der Waals surface area contributed by atoms with Gasteiger partial charge in [0.1, 0.15) is 12.4 Å². The Morgan fingerprint density at radius 2 is 1.53 bits per heavy atom. The Kier molecular flexibility index (Phi) is 11.5. The van der Waals surface area contributed by atoms with Crippen LogP contribution in [0.5, 0.6) is 5.75 Å². The van der Waals surface area contributed by atoms with Crippen molar-refractivity contribution >= 4 is 16.8 Å². The number of nitrogens with one attached hydrogen (secondary N) is 1. The number of hydrogen-bond donors (Lipinski definition) is 1. The van der Waals surface area contributed by atoms with Crippen molar-refractivity contribution < 1.29 is 9.53 Å². The molecule has 0 spiro atoms. The molecule has 0 radical (unpaired) electrons. The number of para-hydroxylation sites is 1. The Bertz CT molecular complexity index is 1630. The number of ether oxygens (including phenoxy) is 1. The van der Waals surface area contributed by atoms with Gasteiger partial charge in [0, 0.05) is 42.0 Å². The van der Waals surface area contributed by atoms with Crippen LogP contribution in [0.4, 0.5) is 0 Å². The number of carbonyl (C=O) groups is 1. The van der Waals surface area contributed by atoms with Crippen molar-refractivity contribution in [3.05, 3.63) is 138 Å². The van der Waals surface area contributed by atoms with Gasteiger partial charge in [0.05, 0.1) is 0 Å². The summed E-state index contributed by atoms with van der Waals surface area (Å²) in [6, 6.07) is 37.7. The summed E-state index contributed by atoms with van der Waals surface area (Å²) in [5, 5.41) is 4.50. The topological polar surface area (TPSA) is 46.5 Å². The highest BCUT2D eigenvalue weighted by molar-refractivity contribution is 5.87. The first-order valence-corrected chi connectivity index (χ1v) is 16.4. The van der Waals surface area contributed by atoms with Gasteiger partial charge in [0.15, 0.2) is 0 Å². The van der Waals surface area contributed by atoms with Crippen LogP contribution in [0.3, 0.4) is 0 Å². The average molecular weight is 602 g/mol. The highest BCUT2D eigenvalue weighted by Crippen LogP contribution is 2.36. The molecule has 0 unspecified atom stereocenters. The van der Waals surface area contributed by atoms with Crippen molar-refractivity contribution in [2.75, 3.05) is 19.6 Å². The third-order valence-electron chi connectivity index (χ3n) is 8.70. The van der Waals surface area contributed by atoms with Crippen LogP contribution in [0.2, 0.25) is 0 Å². The first kappa shape index (κ1) is 32.1. The maximum Gasteiger partial charge on any atom is 0.221 e. The van der Waals surface area contributed by atoms with E-state index in [1.54, 1.807) is 0 Å². The zero-order valence-corrected chi connectivity index (χ0v) is 27.0. The number of nitrogens with zero attached hydrogens (tertiary/aromatic N) is 2. The van der Waals surface area contributed by atoms with Crippen molar-refractivity contribution in [1.82, 2.24) is 14.8 Å². The summed E-state index contributed by atoms with van der Waals surface area (Å²) >= 11 is 0. The number of carbonyl (C=O) groups excluding carboxylic acids is 1. The van der Waals surface area contributed by atoms with Gasteiger partial charge in [0.25, 0.3) is 0 Å². The molecule has 234 valence electrons. The Balaban J connectivity index is 1.42. The van der Waals surface area contributed by atoms with Crippen LogP contribution in [0.25, 0.3) is 10.9 Å². The first-order chi connectivity index (χ1) is 22.0. The molecule has 4 aromatic carbocycles. The standard InChI is InChI=1S/C40H47N3O2/c1-4-42(5-2)25-15-16-31(3)41-40(44)27-37(34-21-14-22-35(26-34)45-30-33-19-10-7-11-20-33)38-29-43(28-32-17-8-6-9-18-32)39-24-13-12-23-36(38)39/h6-14,17-24,26,29,31,37H,4-5,15-16,25,27-28,30H2,1-3H3,(H,41,44)/t31-,37-/m1/s1. The van der Waals surface area contributed by atoms with Crippen molar-refractivity contribution in [2.45, 2.75) is 65.1 Å². The van der Waals surface area contributed by atoms with E-state index in [4.69, 9.17) is 4.74 Å². The largest absolute Gasteiger partial charge is 0.489 e. The maximum atomic E-state index is 13.7. The second-order valence-electron chi connectivity index (χ2n) is 12.0. The van der Waals surface area contributed by atoms with E-state index in [0.29, 0.717) is 13.0 Å². The lowest BCUT2D eigenvalue weighted by molar-refractivity contribution is -0.121. The second kappa shape index (κ2) is 16.1. The molecule has 5 nitrogen and oxygen atoms in total. The minimum atomic E-state index is -0.130. The summed E-state index contributed by atoms with van der Waals surface area (Å²) in [5.41, 5.74) is 5.77. The van der Waals surface area contributed by atoms with Gasteiger partial charge in [-0.3, -0.25) is 4.79 Å². The van der Waals surface area contributed by atoms with E-state index in [2.05, 4.69) is 121 Å². The second-order valence-corrected chi connectivity index (χ2v) is 12.0. The van der Waals surface area contributed by atoms with Gasteiger partial charge in [-0.05, 0) is 79.9 Å². The molecular formula is C40H47N3O2. The lowest BCUT2D eigenvalue weighted by Crippen LogP contribution is -2.34. The van der Waals surface area contributed by atoms with Gasteiger partial charge in [-0.25, -0.2) is 0 Å². The molecule has 1 N–H and O–H groups in total. The smallest absolute Gasteiger partial charge is 0.221 e. The van der Waals surface area contributed by atoms with Crippen LogP contribution in [0.1, 0.15) is 68.2 Å². The van der Waals surface area contributed by atoms with E-state index in [0.717, 1.165) is 61.5 Å². The van der Waals surface area contributed by atoms with Crippen LogP contribution in [0.15, 0.2) is 115 Å². The molecule has 0 saturated heterocycles. The van der Waals surface area contributed by atoms with Crippen molar-refractivity contribution in [3.63, 3.8) is 0 Å². The maximum absolute atomic E-state index is 13.7. The summed E-state index contributed by atoms with van der Waals surface area (Å²) in [6.45, 7) is 11.0. The summed E-state index contributed by atoms with van der Waals surface area (Å²) in [6.07, 6.45) is 4.65. The van der Waals surface area contributed by atoms with Gasteiger partial charge in [0.2, 0.25) is 5.91 Å². The van der Waals surface area contributed by atoms with E-state index < -0.39 is 0 Å². The molecule has 2 atom stereocenters.